The number of nitrogens with one attached hydrogen (secondary N) is 1. The van der Waals surface area contributed by atoms with Crippen LogP contribution in [0, 0.1) is 6.92 Å². The molecule has 3 rings (SSSR count). The Kier molecular flexibility index (Phi) is 2.35. The Morgan fingerprint density at radius 1 is 1.35 bits per heavy atom. The molecule has 3 heteroatoms. The van der Waals surface area contributed by atoms with Crippen LogP contribution in [0.4, 0.5) is 5.82 Å². The number of nitrogens with zero attached hydrogens (tertiary/aromatic N) is 2. The largest absolute Gasteiger partial charge is 0.368 e. The number of rotatable bonds is 3. The van der Waals surface area contributed by atoms with Crippen LogP contribution in [0.1, 0.15) is 44.1 Å². The van der Waals surface area contributed by atoms with Crippen LogP contribution in [0.2, 0.25) is 0 Å². The summed E-state index contributed by atoms with van der Waals surface area (Å²) < 4.78 is 2.28. The van der Waals surface area contributed by atoms with Crippen molar-refractivity contribution >= 4 is 11.3 Å². The maximum atomic E-state index is 4.70. The van der Waals surface area contributed by atoms with E-state index in [4.69, 9.17) is 4.98 Å². The van der Waals surface area contributed by atoms with E-state index >= 15 is 0 Å². The van der Waals surface area contributed by atoms with Crippen LogP contribution in [0.15, 0.2) is 18.2 Å². The molecule has 0 radical (unpaired) electrons. The molecule has 0 aromatic carbocycles. The molecular formula is C14H19N3. The van der Waals surface area contributed by atoms with Crippen molar-refractivity contribution in [2.75, 3.05) is 5.32 Å². The van der Waals surface area contributed by atoms with E-state index in [2.05, 4.69) is 48.7 Å². The monoisotopic (exact) mass is 229 g/mol. The number of aromatic nitrogens is 2. The van der Waals surface area contributed by atoms with Crippen LogP contribution in [0.25, 0.3) is 5.52 Å². The zero-order valence-electron chi connectivity index (χ0n) is 10.7. The van der Waals surface area contributed by atoms with Crippen LogP contribution in [-0.2, 0) is 0 Å². The van der Waals surface area contributed by atoms with Gasteiger partial charge in [0.25, 0.3) is 0 Å². The molecule has 0 atom stereocenters. The highest BCUT2D eigenvalue weighted by Gasteiger charge is 2.23. The quantitative estimate of drug-likeness (QED) is 0.874. The molecule has 3 nitrogen and oxygen atoms in total. The van der Waals surface area contributed by atoms with E-state index in [0.717, 1.165) is 11.5 Å². The van der Waals surface area contributed by atoms with Gasteiger partial charge in [0, 0.05) is 12.0 Å². The summed E-state index contributed by atoms with van der Waals surface area (Å²) in [4.78, 5) is 4.70. The van der Waals surface area contributed by atoms with Crippen LogP contribution < -0.4 is 5.32 Å². The standard InChI is InChI=1S/C14H19N3/c1-9(2)14-15-10(3)12-5-4-6-13(17(12)14)16-11-7-8-11/h4-6,9,11,16H,7-8H2,1-3H3. The molecule has 17 heavy (non-hydrogen) atoms. The summed E-state index contributed by atoms with van der Waals surface area (Å²) in [6.45, 7) is 6.48. The Morgan fingerprint density at radius 2 is 2.12 bits per heavy atom. The third kappa shape index (κ3) is 1.79. The van der Waals surface area contributed by atoms with Gasteiger partial charge in [-0.05, 0) is 31.9 Å². The minimum Gasteiger partial charge on any atom is -0.368 e. The van der Waals surface area contributed by atoms with Gasteiger partial charge in [0.05, 0.1) is 11.2 Å². The molecule has 1 aliphatic carbocycles. The summed E-state index contributed by atoms with van der Waals surface area (Å²) in [6.07, 6.45) is 2.59. The number of aryl methyl sites for hydroxylation is 1. The minimum absolute atomic E-state index is 0.443. The van der Waals surface area contributed by atoms with E-state index in [1.807, 2.05) is 0 Å². The number of hydrogen-bond donors (Lipinski definition) is 1. The average molecular weight is 229 g/mol. The molecule has 0 saturated heterocycles. The molecule has 0 spiro atoms. The fourth-order valence-corrected chi connectivity index (χ4v) is 2.25. The molecule has 0 bridgehead atoms. The molecule has 2 aromatic heterocycles. The van der Waals surface area contributed by atoms with Gasteiger partial charge < -0.3 is 5.32 Å². The fraction of sp³-hybridized carbons (Fsp3) is 0.500. The van der Waals surface area contributed by atoms with Gasteiger partial charge in [0.1, 0.15) is 11.6 Å². The summed E-state index contributed by atoms with van der Waals surface area (Å²) in [7, 11) is 0. The smallest absolute Gasteiger partial charge is 0.117 e. The Morgan fingerprint density at radius 3 is 2.76 bits per heavy atom. The molecule has 0 aliphatic heterocycles. The van der Waals surface area contributed by atoms with Crippen LogP contribution in [0.5, 0.6) is 0 Å². The first-order chi connectivity index (χ1) is 8.16. The van der Waals surface area contributed by atoms with E-state index in [-0.39, 0.29) is 0 Å². The highest BCUT2D eigenvalue weighted by Crippen LogP contribution is 2.28. The van der Waals surface area contributed by atoms with Crippen molar-refractivity contribution in [1.29, 1.82) is 0 Å². The first kappa shape index (κ1) is 10.6. The van der Waals surface area contributed by atoms with Gasteiger partial charge in [-0.25, -0.2) is 4.98 Å². The van der Waals surface area contributed by atoms with E-state index < -0.39 is 0 Å². The van der Waals surface area contributed by atoms with Gasteiger partial charge >= 0.3 is 0 Å². The lowest BCUT2D eigenvalue weighted by molar-refractivity contribution is 0.768. The summed E-state index contributed by atoms with van der Waals surface area (Å²) in [5, 5.41) is 3.59. The van der Waals surface area contributed by atoms with Gasteiger partial charge in [0.2, 0.25) is 0 Å². The SMILES string of the molecule is Cc1nc(C(C)C)n2c(NC3CC3)cccc12. The third-order valence-electron chi connectivity index (χ3n) is 3.32. The van der Waals surface area contributed by atoms with Crippen molar-refractivity contribution in [2.24, 2.45) is 0 Å². The van der Waals surface area contributed by atoms with Gasteiger partial charge in [0.15, 0.2) is 0 Å². The highest BCUT2D eigenvalue weighted by atomic mass is 15.1. The van der Waals surface area contributed by atoms with Gasteiger partial charge in [-0.2, -0.15) is 0 Å². The first-order valence-electron chi connectivity index (χ1n) is 6.41. The molecule has 0 amide bonds. The van der Waals surface area contributed by atoms with Gasteiger partial charge in [-0.15, -0.1) is 0 Å². The summed E-state index contributed by atoms with van der Waals surface area (Å²) in [5.74, 6) is 2.79. The molecule has 90 valence electrons. The van der Waals surface area contributed by atoms with E-state index in [1.54, 1.807) is 0 Å². The van der Waals surface area contributed by atoms with Crippen molar-refractivity contribution in [3.05, 3.63) is 29.7 Å². The third-order valence-corrected chi connectivity index (χ3v) is 3.32. The molecule has 1 fully saturated rings. The second-order valence-corrected chi connectivity index (χ2v) is 5.26. The summed E-state index contributed by atoms with van der Waals surface area (Å²) in [5.41, 5.74) is 2.34. The lowest BCUT2D eigenvalue weighted by atomic mass is 10.2. The van der Waals surface area contributed by atoms with E-state index in [0.29, 0.717) is 12.0 Å². The number of anilines is 1. The normalized spacial score (nSPS) is 15.8. The van der Waals surface area contributed by atoms with Crippen LogP contribution in [0.3, 0.4) is 0 Å². The second kappa shape index (κ2) is 3.76. The maximum Gasteiger partial charge on any atom is 0.117 e. The zero-order chi connectivity index (χ0) is 12.0. The summed E-state index contributed by atoms with van der Waals surface area (Å²) in [6, 6.07) is 7.08. The van der Waals surface area contributed by atoms with Crippen molar-refractivity contribution in [1.82, 2.24) is 9.38 Å². The lowest BCUT2D eigenvalue weighted by Gasteiger charge is -2.12. The molecule has 2 heterocycles. The van der Waals surface area contributed by atoms with Crippen LogP contribution in [-0.4, -0.2) is 15.4 Å². The van der Waals surface area contributed by atoms with Crippen molar-refractivity contribution in [3.8, 4) is 0 Å². The topological polar surface area (TPSA) is 29.3 Å². The lowest BCUT2D eigenvalue weighted by Crippen LogP contribution is -2.08. The second-order valence-electron chi connectivity index (χ2n) is 5.26. The Bertz CT molecular complexity index is 550. The molecule has 1 saturated carbocycles. The number of hydrogen-bond acceptors (Lipinski definition) is 2. The predicted molar refractivity (Wildman–Crippen MR) is 70.7 cm³/mol. The van der Waals surface area contributed by atoms with Gasteiger partial charge in [-0.3, -0.25) is 4.40 Å². The maximum absolute atomic E-state index is 4.70. The number of fused-ring (bicyclic) bond motifs is 1. The Balaban J connectivity index is 2.19. The molecule has 0 unspecified atom stereocenters. The Labute approximate surface area is 102 Å². The molecule has 1 aliphatic rings. The van der Waals surface area contributed by atoms with E-state index in [9.17, 15) is 0 Å². The molecular weight excluding hydrogens is 210 g/mol. The number of pyridine rings is 1. The van der Waals surface area contributed by atoms with Crippen LogP contribution >= 0.6 is 0 Å². The summed E-state index contributed by atoms with van der Waals surface area (Å²) >= 11 is 0. The highest BCUT2D eigenvalue weighted by molar-refractivity contribution is 5.60. The zero-order valence-corrected chi connectivity index (χ0v) is 10.7. The number of imidazole rings is 1. The minimum atomic E-state index is 0.443. The van der Waals surface area contributed by atoms with Crippen molar-refractivity contribution in [3.63, 3.8) is 0 Å². The predicted octanol–water partition coefficient (Wildman–Crippen LogP) is 3.34. The van der Waals surface area contributed by atoms with Crippen molar-refractivity contribution < 1.29 is 0 Å². The first-order valence-corrected chi connectivity index (χ1v) is 6.41. The average Bonchev–Trinajstić information content (AvgIpc) is 3.03. The van der Waals surface area contributed by atoms with Gasteiger partial charge in [-0.1, -0.05) is 19.9 Å². The Hall–Kier alpha value is -1.51. The van der Waals surface area contributed by atoms with Crippen molar-refractivity contribution in [2.45, 2.75) is 45.6 Å². The molecule has 2 aromatic rings. The van der Waals surface area contributed by atoms with E-state index in [1.165, 1.54) is 24.2 Å². The fourth-order valence-electron chi connectivity index (χ4n) is 2.25. The molecule has 1 N–H and O–H groups in total.